The Bertz CT molecular complexity index is 648. The zero-order chi connectivity index (χ0) is 15.2. The summed E-state index contributed by atoms with van der Waals surface area (Å²) < 4.78 is 5.50. The molecule has 0 aliphatic heterocycles. The normalized spacial score (nSPS) is 11.9. The van der Waals surface area contributed by atoms with Crippen LogP contribution in [0.25, 0.3) is 10.8 Å². The van der Waals surface area contributed by atoms with E-state index < -0.39 is 17.9 Å². The van der Waals surface area contributed by atoms with E-state index >= 15 is 0 Å². The topological polar surface area (TPSA) is 75.6 Å². The quantitative estimate of drug-likeness (QED) is 0.854. The van der Waals surface area contributed by atoms with Gasteiger partial charge in [-0.15, -0.1) is 0 Å². The molecule has 2 aromatic carbocycles. The van der Waals surface area contributed by atoms with E-state index in [1.54, 1.807) is 13.0 Å². The molecule has 2 aromatic rings. The Morgan fingerprint density at radius 3 is 2.62 bits per heavy atom. The van der Waals surface area contributed by atoms with Gasteiger partial charge in [-0.1, -0.05) is 43.3 Å². The van der Waals surface area contributed by atoms with E-state index in [9.17, 15) is 9.59 Å². The van der Waals surface area contributed by atoms with Crippen molar-refractivity contribution in [2.24, 2.45) is 0 Å². The summed E-state index contributed by atoms with van der Waals surface area (Å²) in [7, 11) is 0. The lowest BCUT2D eigenvalue weighted by Gasteiger charge is -2.13. The van der Waals surface area contributed by atoms with E-state index in [0.717, 1.165) is 10.8 Å². The summed E-state index contributed by atoms with van der Waals surface area (Å²) in [6.07, 6.45) is 0.329. The molecule has 2 N–H and O–H groups in total. The summed E-state index contributed by atoms with van der Waals surface area (Å²) in [6, 6.07) is 12.4. The van der Waals surface area contributed by atoms with Gasteiger partial charge in [0.15, 0.2) is 6.61 Å². The fourth-order valence-electron chi connectivity index (χ4n) is 2.04. The zero-order valence-corrected chi connectivity index (χ0v) is 11.7. The van der Waals surface area contributed by atoms with Gasteiger partial charge in [0, 0.05) is 5.39 Å². The number of fused-ring (bicyclic) bond motifs is 1. The molecule has 5 heteroatoms. The van der Waals surface area contributed by atoms with Gasteiger partial charge < -0.3 is 15.2 Å². The molecule has 1 unspecified atom stereocenters. The molecule has 0 fully saturated rings. The third kappa shape index (κ3) is 3.72. The van der Waals surface area contributed by atoms with Crippen molar-refractivity contribution in [2.75, 3.05) is 6.61 Å². The minimum absolute atomic E-state index is 0.211. The minimum atomic E-state index is -1.05. The van der Waals surface area contributed by atoms with Crippen LogP contribution in [0.15, 0.2) is 42.5 Å². The molecule has 0 saturated carbocycles. The first-order valence-corrected chi connectivity index (χ1v) is 6.74. The standard InChI is InChI=1S/C16H17NO4/c1-2-13(16(19)20)17-15(18)10-21-14-9-5-7-11-6-3-4-8-12(11)14/h3-9,13H,2,10H2,1H3,(H,17,18)(H,19,20). The van der Waals surface area contributed by atoms with Gasteiger partial charge in [0.25, 0.3) is 5.91 Å². The smallest absolute Gasteiger partial charge is 0.326 e. The number of ether oxygens (including phenoxy) is 1. The predicted octanol–water partition coefficient (Wildman–Crippen LogP) is 2.20. The molecule has 0 heterocycles. The van der Waals surface area contributed by atoms with Crippen LogP contribution in [0.5, 0.6) is 5.75 Å². The molecule has 0 radical (unpaired) electrons. The van der Waals surface area contributed by atoms with Gasteiger partial charge >= 0.3 is 5.97 Å². The summed E-state index contributed by atoms with van der Waals surface area (Å²) in [5.74, 6) is -0.889. The highest BCUT2D eigenvalue weighted by atomic mass is 16.5. The molecule has 0 bridgehead atoms. The number of carboxylic acid groups (broad SMARTS) is 1. The van der Waals surface area contributed by atoms with Crippen LogP contribution in [-0.4, -0.2) is 29.6 Å². The number of nitrogens with one attached hydrogen (secondary N) is 1. The number of amides is 1. The zero-order valence-electron chi connectivity index (χ0n) is 11.7. The minimum Gasteiger partial charge on any atom is -0.483 e. The van der Waals surface area contributed by atoms with Gasteiger partial charge in [-0.3, -0.25) is 4.79 Å². The Kier molecular flexibility index (Phi) is 4.77. The van der Waals surface area contributed by atoms with Crippen LogP contribution in [0, 0.1) is 0 Å². The molecular formula is C16H17NO4. The first-order chi connectivity index (χ1) is 10.1. The van der Waals surface area contributed by atoms with Gasteiger partial charge in [-0.05, 0) is 17.9 Å². The van der Waals surface area contributed by atoms with E-state index in [-0.39, 0.29) is 6.61 Å². The van der Waals surface area contributed by atoms with Crippen LogP contribution in [0.4, 0.5) is 0 Å². The van der Waals surface area contributed by atoms with Crippen molar-refractivity contribution in [2.45, 2.75) is 19.4 Å². The van der Waals surface area contributed by atoms with Crippen molar-refractivity contribution in [3.05, 3.63) is 42.5 Å². The number of benzene rings is 2. The number of carboxylic acids is 1. The first kappa shape index (κ1) is 14.8. The summed E-state index contributed by atoms with van der Waals surface area (Å²) in [4.78, 5) is 22.6. The summed E-state index contributed by atoms with van der Waals surface area (Å²) >= 11 is 0. The van der Waals surface area contributed by atoms with Crippen molar-refractivity contribution in [1.82, 2.24) is 5.32 Å². The maximum absolute atomic E-state index is 11.7. The molecule has 1 atom stereocenters. The first-order valence-electron chi connectivity index (χ1n) is 6.74. The number of hydrogen-bond donors (Lipinski definition) is 2. The molecule has 0 saturated heterocycles. The van der Waals surface area contributed by atoms with Gasteiger partial charge in [0.05, 0.1) is 0 Å². The number of aliphatic carboxylic acids is 1. The Morgan fingerprint density at radius 2 is 1.90 bits per heavy atom. The predicted molar refractivity (Wildman–Crippen MR) is 79.3 cm³/mol. The van der Waals surface area contributed by atoms with Crippen LogP contribution in [0.2, 0.25) is 0 Å². The summed E-state index contributed by atoms with van der Waals surface area (Å²) in [6.45, 7) is 1.49. The Morgan fingerprint density at radius 1 is 1.19 bits per heavy atom. The Balaban J connectivity index is 2.02. The van der Waals surface area contributed by atoms with Crippen LogP contribution in [0.3, 0.4) is 0 Å². The number of rotatable bonds is 6. The van der Waals surface area contributed by atoms with Crippen LogP contribution >= 0.6 is 0 Å². The Labute approximate surface area is 122 Å². The second-order valence-electron chi connectivity index (χ2n) is 4.63. The molecule has 5 nitrogen and oxygen atoms in total. The van der Waals surface area contributed by atoms with Crippen molar-refractivity contribution in [1.29, 1.82) is 0 Å². The van der Waals surface area contributed by atoms with E-state index in [1.807, 2.05) is 36.4 Å². The van der Waals surface area contributed by atoms with Gasteiger partial charge in [-0.25, -0.2) is 4.79 Å². The van der Waals surface area contributed by atoms with E-state index in [2.05, 4.69) is 5.32 Å². The van der Waals surface area contributed by atoms with Crippen LogP contribution < -0.4 is 10.1 Å². The van der Waals surface area contributed by atoms with Gasteiger partial charge in [0.2, 0.25) is 0 Å². The number of hydrogen-bond acceptors (Lipinski definition) is 3. The maximum atomic E-state index is 11.7. The highest BCUT2D eigenvalue weighted by molar-refractivity contribution is 5.89. The maximum Gasteiger partial charge on any atom is 0.326 e. The number of carbonyl (C=O) groups excluding carboxylic acids is 1. The van der Waals surface area contributed by atoms with E-state index in [0.29, 0.717) is 12.2 Å². The van der Waals surface area contributed by atoms with Crippen molar-refractivity contribution in [3.63, 3.8) is 0 Å². The highest BCUT2D eigenvalue weighted by Gasteiger charge is 2.17. The van der Waals surface area contributed by atoms with Crippen molar-refractivity contribution in [3.8, 4) is 5.75 Å². The highest BCUT2D eigenvalue weighted by Crippen LogP contribution is 2.24. The second kappa shape index (κ2) is 6.74. The van der Waals surface area contributed by atoms with Crippen LogP contribution in [-0.2, 0) is 9.59 Å². The Hall–Kier alpha value is -2.56. The second-order valence-corrected chi connectivity index (χ2v) is 4.63. The molecule has 21 heavy (non-hydrogen) atoms. The third-order valence-electron chi connectivity index (χ3n) is 3.15. The fraction of sp³-hybridized carbons (Fsp3) is 0.250. The molecule has 110 valence electrons. The molecule has 0 spiro atoms. The van der Waals surface area contributed by atoms with Crippen molar-refractivity contribution >= 4 is 22.6 Å². The third-order valence-corrected chi connectivity index (χ3v) is 3.15. The average Bonchev–Trinajstić information content (AvgIpc) is 2.50. The lowest BCUT2D eigenvalue weighted by atomic mass is 10.1. The monoisotopic (exact) mass is 287 g/mol. The molecule has 2 rings (SSSR count). The van der Waals surface area contributed by atoms with Gasteiger partial charge in [0.1, 0.15) is 11.8 Å². The number of carbonyl (C=O) groups is 2. The molecular weight excluding hydrogens is 270 g/mol. The van der Waals surface area contributed by atoms with E-state index in [1.165, 1.54) is 0 Å². The molecule has 1 amide bonds. The van der Waals surface area contributed by atoms with Crippen LogP contribution in [0.1, 0.15) is 13.3 Å². The largest absolute Gasteiger partial charge is 0.483 e. The average molecular weight is 287 g/mol. The molecule has 0 aromatic heterocycles. The SMILES string of the molecule is CCC(NC(=O)COc1cccc2ccccc12)C(=O)O. The summed E-state index contributed by atoms with van der Waals surface area (Å²) in [5, 5.41) is 13.2. The van der Waals surface area contributed by atoms with Gasteiger partial charge in [-0.2, -0.15) is 0 Å². The van der Waals surface area contributed by atoms with Crippen molar-refractivity contribution < 1.29 is 19.4 Å². The fourth-order valence-corrected chi connectivity index (χ4v) is 2.04. The lowest BCUT2D eigenvalue weighted by Crippen LogP contribution is -2.42. The van der Waals surface area contributed by atoms with E-state index in [4.69, 9.17) is 9.84 Å². The molecule has 0 aliphatic carbocycles. The lowest BCUT2D eigenvalue weighted by molar-refractivity contribution is -0.142. The molecule has 0 aliphatic rings. The summed E-state index contributed by atoms with van der Waals surface area (Å²) in [5.41, 5.74) is 0.